The fraction of sp³-hybridized carbons (Fsp3) is 0.269. The second-order valence-corrected chi connectivity index (χ2v) is 11.0. The first-order valence-corrected chi connectivity index (χ1v) is 13.5. The van der Waals surface area contributed by atoms with Gasteiger partial charge in [0.1, 0.15) is 17.6 Å². The third kappa shape index (κ3) is 5.44. The van der Waals surface area contributed by atoms with Crippen molar-refractivity contribution in [3.8, 4) is 17.0 Å². The van der Waals surface area contributed by atoms with Crippen LogP contribution >= 0.6 is 0 Å². The third-order valence-corrected chi connectivity index (χ3v) is 6.79. The molecule has 0 aliphatic rings. The molecule has 0 saturated heterocycles. The number of nitrogens with two attached hydrogens (primary N) is 1. The first kappa shape index (κ1) is 25.5. The molecule has 0 bridgehead atoms. The first-order valence-electron chi connectivity index (χ1n) is 11.5. The number of ether oxygens (including phenoxy) is 1. The number of aromatic carboxylic acids is 1. The molecular weight excluding hydrogens is 485 g/mol. The van der Waals surface area contributed by atoms with Crippen LogP contribution in [0.25, 0.3) is 22.0 Å². The van der Waals surface area contributed by atoms with Crippen LogP contribution in [-0.4, -0.2) is 42.3 Å². The number of hydrogen-bond donors (Lipinski definition) is 4. The maximum atomic E-state index is 14.8. The number of sulfone groups is 1. The van der Waals surface area contributed by atoms with E-state index in [9.17, 15) is 22.7 Å². The highest BCUT2D eigenvalue weighted by molar-refractivity contribution is 7.89. The number of halogens is 1. The largest absolute Gasteiger partial charge is 0.477 e. The van der Waals surface area contributed by atoms with Crippen LogP contribution in [0, 0.1) is 5.82 Å². The number of nitrogens with one attached hydrogen (secondary N) is 2. The number of para-hydroxylation sites is 1. The van der Waals surface area contributed by atoms with E-state index in [4.69, 9.17) is 10.5 Å². The van der Waals surface area contributed by atoms with Gasteiger partial charge in [-0.1, -0.05) is 30.3 Å². The van der Waals surface area contributed by atoms with Crippen LogP contribution < -0.4 is 10.5 Å². The standard InChI is InChI=1S/C26H28FN3O5S/c1-15(35-22-11-10-18(29-22)5-4-12-28)19-6-3-7-20-23(25(26(31)32)30-24(19)20)16-8-9-17(21(27)13-16)14-36(2,33)34/h3,6-11,13,15,29-30H,4-5,12,14,28H2,1-2H3,(H,31,32). The number of aromatic amines is 2. The van der Waals surface area contributed by atoms with E-state index in [0.29, 0.717) is 34.5 Å². The van der Waals surface area contributed by atoms with Gasteiger partial charge < -0.3 is 25.5 Å². The van der Waals surface area contributed by atoms with Crippen molar-refractivity contribution in [2.24, 2.45) is 5.73 Å². The molecule has 4 aromatic rings. The van der Waals surface area contributed by atoms with Gasteiger partial charge in [-0.3, -0.25) is 0 Å². The van der Waals surface area contributed by atoms with Gasteiger partial charge >= 0.3 is 5.97 Å². The molecule has 0 amide bonds. The van der Waals surface area contributed by atoms with Gasteiger partial charge in [0.25, 0.3) is 0 Å². The molecule has 2 aromatic heterocycles. The average Bonchev–Trinajstić information content (AvgIpc) is 3.42. The predicted molar refractivity (Wildman–Crippen MR) is 136 cm³/mol. The Morgan fingerprint density at radius 2 is 1.94 bits per heavy atom. The number of carboxylic acids is 1. The molecule has 0 fully saturated rings. The molecule has 5 N–H and O–H groups in total. The smallest absolute Gasteiger partial charge is 0.352 e. The number of carboxylic acid groups (broad SMARTS) is 1. The molecule has 0 aliphatic heterocycles. The molecule has 1 atom stereocenters. The summed E-state index contributed by atoms with van der Waals surface area (Å²) >= 11 is 0. The SMILES string of the molecule is CC(Oc1ccc(CCCN)[nH]1)c1cccc2c(-c3ccc(CS(C)(=O)=O)c(F)c3)c(C(=O)O)[nH]c12. The van der Waals surface area contributed by atoms with E-state index in [1.807, 2.05) is 25.1 Å². The lowest BCUT2D eigenvalue weighted by Gasteiger charge is -2.15. The normalized spacial score (nSPS) is 12.7. The Kier molecular flexibility index (Phi) is 7.18. The number of hydrogen-bond acceptors (Lipinski definition) is 5. The van der Waals surface area contributed by atoms with Gasteiger partial charge in [0.05, 0.1) is 11.3 Å². The van der Waals surface area contributed by atoms with Gasteiger partial charge in [0.2, 0.25) is 0 Å². The minimum Gasteiger partial charge on any atom is -0.477 e. The molecule has 0 saturated carbocycles. The molecule has 0 spiro atoms. The van der Waals surface area contributed by atoms with E-state index in [0.717, 1.165) is 30.4 Å². The second-order valence-electron chi connectivity index (χ2n) is 8.83. The number of carbonyl (C=O) groups is 1. The highest BCUT2D eigenvalue weighted by Crippen LogP contribution is 2.37. The topological polar surface area (TPSA) is 138 Å². The summed E-state index contributed by atoms with van der Waals surface area (Å²) in [5, 5.41) is 10.5. The Morgan fingerprint density at radius 1 is 1.17 bits per heavy atom. The maximum Gasteiger partial charge on any atom is 0.352 e. The molecule has 4 rings (SSSR count). The summed E-state index contributed by atoms with van der Waals surface area (Å²) in [6.07, 6.45) is 2.26. The van der Waals surface area contributed by atoms with Crippen LogP contribution in [0.15, 0.2) is 48.5 Å². The molecule has 2 aromatic carbocycles. The summed E-state index contributed by atoms with van der Waals surface area (Å²) in [6, 6.07) is 13.2. The van der Waals surface area contributed by atoms with E-state index in [2.05, 4.69) is 9.97 Å². The van der Waals surface area contributed by atoms with Gasteiger partial charge in [-0.25, -0.2) is 17.6 Å². The molecule has 10 heteroatoms. The predicted octanol–water partition coefficient (Wildman–Crippen LogP) is 4.58. The summed E-state index contributed by atoms with van der Waals surface area (Å²) in [6.45, 7) is 2.45. The van der Waals surface area contributed by atoms with Crippen molar-refractivity contribution in [1.82, 2.24) is 9.97 Å². The number of rotatable bonds is 10. The second kappa shape index (κ2) is 10.2. The van der Waals surface area contributed by atoms with Crippen LogP contribution in [-0.2, 0) is 22.0 Å². The van der Waals surface area contributed by atoms with Gasteiger partial charge in [-0.15, -0.1) is 0 Å². The number of benzene rings is 2. The summed E-state index contributed by atoms with van der Waals surface area (Å²) in [5.74, 6) is -1.77. The molecule has 190 valence electrons. The maximum absolute atomic E-state index is 14.8. The Bertz CT molecular complexity index is 1520. The highest BCUT2D eigenvalue weighted by Gasteiger charge is 2.23. The first-order chi connectivity index (χ1) is 17.1. The Balaban J connectivity index is 1.73. The van der Waals surface area contributed by atoms with Crippen molar-refractivity contribution in [3.05, 3.63) is 76.9 Å². The molecular formula is C26H28FN3O5S. The van der Waals surface area contributed by atoms with E-state index in [1.54, 1.807) is 12.1 Å². The van der Waals surface area contributed by atoms with Crippen LogP contribution in [0.4, 0.5) is 4.39 Å². The van der Waals surface area contributed by atoms with Crippen LogP contribution in [0.5, 0.6) is 5.88 Å². The molecule has 1 unspecified atom stereocenters. The molecule has 0 radical (unpaired) electrons. The zero-order valence-electron chi connectivity index (χ0n) is 20.0. The highest BCUT2D eigenvalue weighted by atomic mass is 32.2. The fourth-order valence-corrected chi connectivity index (χ4v) is 5.12. The van der Waals surface area contributed by atoms with E-state index < -0.39 is 33.5 Å². The van der Waals surface area contributed by atoms with Gasteiger partial charge in [-0.2, -0.15) is 0 Å². The minimum atomic E-state index is -3.43. The third-order valence-electron chi connectivity index (χ3n) is 5.95. The van der Waals surface area contributed by atoms with Crippen LogP contribution in [0.1, 0.15) is 46.8 Å². The van der Waals surface area contributed by atoms with Crippen molar-refractivity contribution in [2.45, 2.75) is 31.6 Å². The van der Waals surface area contributed by atoms with Gasteiger partial charge in [0, 0.05) is 34.0 Å². The monoisotopic (exact) mass is 513 g/mol. The number of aryl methyl sites for hydroxylation is 1. The van der Waals surface area contributed by atoms with Gasteiger partial charge in [-0.05, 0) is 50.1 Å². The van der Waals surface area contributed by atoms with Crippen LogP contribution in [0.3, 0.4) is 0 Å². The number of aromatic nitrogens is 2. The van der Waals surface area contributed by atoms with Gasteiger partial charge in [0.15, 0.2) is 15.7 Å². The molecule has 36 heavy (non-hydrogen) atoms. The summed E-state index contributed by atoms with van der Waals surface area (Å²) in [5.41, 5.74) is 8.46. The zero-order valence-corrected chi connectivity index (χ0v) is 20.8. The van der Waals surface area contributed by atoms with E-state index >= 15 is 0 Å². The summed E-state index contributed by atoms with van der Waals surface area (Å²) < 4.78 is 44.1. The fourth-order valence-electron chi connectivity index (χ4n) is 4.32. The molecule has 2 heterocycles. The zero-order chi connectivity index (χ0) is 26.0. The number of H-pyrrole nitrogens is 2. The summed E-state index contributed by atoms with van der Waals surface area (Å²) in [4.78, 5) is 18.3. The van der Waals surface area contributed by atoms with Crippen molar-refractivity contribution >= 4 is 26.7 Å². The van der Waals surface area contributed by atoms with Crippen molar-refractivity contribution in [2.75, 3.05) is 12.8 Å². The van der Waals surface area contributed by atoms with E-state index in [-0.39, 0.29) is 11.3 Å². The molecule has 0 aliphatic carbocycles. The lowest BCUT2D eigenvalue weighted by atomic mass is 9.98. The van der Waals surface area contributed by atoms with Crippen LogP contribution in [0.2, 0.25) is 0 Å². The number of fused-ring (bicyclic) bond motifs is 1. The Morgan fingerprint density at radius 3 is 2.61 bits per heavy atom. The van der Waals surface area contributed by atoms with Crippen molar-refractivity contribution in [1.29, 1.82) is 0 Å². The average molecular weight is 514 g/mol. The molecule has 8 nitrogen and oxygen atoms in total. The Labute approximate surface area is 208 Å². The van der Waals surface area contributed by atoms with Crippen molar-refractivity contribution in [3.63, 3.8) is 0 Å². The van der Waals surface area contributed by atoms with Crippen molar-refractivity contribution < 1.29 is 27.4 Å². The van der Waals surface area contributed by atoms with E-state index in [1.165, 1.54) is 18.2 Å². The Hall–Kier alpha value is -3.63. The quantitative estimate of drug-likeness (QED) is 0.245. The lowest BCUT2D eigenvalue weighted by Crippen LogP contribution is -2.05. The minimum absolute atomic E-state index is 0.0254. The lowest BCUT2D eigenvalue weighted by molar-refractivity contribution is 0.0692. The summed E-state index contributed by atoms with van der Waals surface area (Å²) in [7, 11) is -3.43.